The van der Waals surface area contributed by atoms with E-state index in [1.165, 1.54) is 14.2 Å². The molecule has 11 heteroatoms. The summed E-state index contributed by atoms with van der Waals surface area (Å²) >= 11 is 0. The number of hydrogen-bond acceptors (Lipinski definition) is 11. The number of rotatable bonds is 25. The molecule has 0 amide bonds. The van der Waals surface area contributed by atoms with Crippen molar-refractivity contribution in [3.63, 3.8) is 0 Å². The Bertz CT molecular complexity index is 982. The van der Waals surface area contributed by atoms with Crippen LogP contribution in [0.15, 0.2) is 30.3 Å². The lowest BCUT2D eigenvalue weighted by Gasteiger charge is -2.14. The number of Topliss-reactive ketones (excluding diaryl/α,β-unsaturated/α-hetero) is 3. The molecule has 3 unspecified atom stereocenters. The van der Waals surface area contributed by atoms with Crippen LogP contribution in [0.1, 0.15) is 126 Å². The molecule has 0 aliphatic carbocycles. The molecule has 0 spiro atoms. The van der Waals surface area contributed by atoms with Gasteiger partial charge in [-0.15, -0.1) is 0 Å². The zero-order valence-electron chi connectivity index (χ0n) is 30.7. The third-order valence-electron chi connectivity index (χ3n) is 7.27. The Kier molecular flexibility index (Phi) is 39.8. The van der Waals surface area contributed by atoms with Gasteiger partial charge in [-0.2, -0.15) is 0 Å². The van der Waals surface area contributed by atoms with Crippen LogP contribution in [0.3, 0.4) is 0 Å². The number of esters is 2. The van der Waals surface area contributed by atoms with E-state index in [4.69, 9.17) is 18.9 Å². The van der Waals surface area contributed by atoms with Crippen LogP contribution in [0, 0.1) is 0 Å². The van der Waals surface area contributed by atoms with E-state index in [9.17, 15) is 24.0 Å². The van der Waals surface area contributed by atoms with Gasteiger partial charge in [-0.3, -0.25) is 24.0 Å². The molecule has 0 saturated heterocycles. The molecule has 50 heavy (non-hydrogen) atoms. The molecule has 11 nitrogen and oxygen atoms in total. The number of ether oxygens (including phenoxy) is 6. The van der Waals surface area contributed by atoms with Gasteiger partial charge >= 0.3 is 11.9 Å². The van der Waals surface area contributed by atoms with Gasteiger partial charge in [-0.05, 0) is 58.6 Å². The van der Waals surface area contributed by atoms with Gasteiger partial charge in [0.25, 0.3) is 0 Å². The number of benzene rings is 1. The number of carbonyl (C=O) groups excluding carboxylic acids is 5. The minimum absolute atomic E-state index is 0. The van der Waals surface area contributed by atoms with E-state index in [2.05, 4.69) is 9.47 Å². The number of unbranched alkanes of at least 4 members (excludes halogenated alkanes) is 4. The van der Waals surface area contributed by atoms with Gasteiger partial charge in [0.15, 0.2) is 0 Å². The van der Waals surface area contributed by atoms with Gasteiger partial charge in [0, 0.05) is 59.9 Å². The molecule has 1 rings (SSSR count). The summed E-state index contributed by atoms with van der Waals surface area (Å²) in [7, 11) is 7.66. The van der Waals surface area contributed by atoms with E-state index in [0.29, 0.717) is 38.7 Å². The Hall–Kier alpha value is -3.15. The number of methoxy groups -OCH3 is 5. The molecule has 0 bridgehead atoms. The molecule has 1 aromatic rings. The first-order chi connectivity index (χ1) is 22.9. The van der Waals surface area contributed by atoms with E-state index >= 15 is 0 Å². The summed E-state index contributed by atoms with van der Waals surface area (Å²) in [6.07, 6.45) is 10.4. The monoisotopic (exact) mass is 714 g/mol. The molecule has 0 N–H and O–H groups in total. The van der Waals surface area contributed by atoms with Gasteiger partial charge < -0.3 is 28.4 Å². The molecule has 292 valence electrons. The van der Waals surface area contributed by atoms with Gasteiger partial charge in [0.1, 0.15) is 23.1 Å². The maximum atomic E-state index is 10.9. The number of para-hydroxylation sites is 1. The largest absolute Gasteiger partial charge is 0.493 e. The third kappa shape index (κ3) is 36.1. The van der Waals surface area contributed by atoms with Crippen molar-refractivity contribution in [2.75, 3.05) is 42.2 Å². The van der Waals surface area contributed by atoms with Crippen molar-refractivity contribution in [2.24, 2.45) is 0 Å². The normalized spacial score (nSPS) is 11.7. The SMILES string of the molecule is C.C.COC(=O)CCCCC(CC(C)=O)OC.COC(=O)CCCCCCC(CC(C)=O)OC.COC(CCOc1ccccc1)CC(C)=O. The van der Waals surface area contributed by atoms with Gasteiger partial charge in [-0.25, -0.2) is 0 Å². The Morgan fingerprint density at radius 3 is 1.26 bits per heavy atom. The van der Waals surface area contributed by atoms with E-state index in [-0.39, 0.29) is 62.5 Å². The minimum Gasteiger partial charge on any atom is -0.493 e. The molecule has 0 aliphatic rings. The van der Waals surface area contributed by atoms with Gasteiger partial charge in [-0.1, -0.05) is 58.7 Å². The zero-order chi connectivity index (χ0) is 36.6. The summed E-state index contributed by atoms with van der Waals surface area (Å²) in [6, 6.07) is 9.62. The van der Waals surface area contributed by atoms with Crippen molar-refractivity contribution < 1.29 is 52.4 Å². The predicted octanol–water partition coefficient (Wildman–Crippen LogP) is 7.93. The Morgan fingerprint density at radius 1 is 0.520 bits per heavy atom. The van der Waals surface area contributed by atoms with E-state index in [1.54, 1.807) is 42.1 Å². The highest BCUT2D eigenvalue weighted by molar-refractivity contribution is 5.76. The van der Waals surface area contributed by atoms with Crippen LogP contribution >= 0.6 is 0 Å². The summed E-state index contributed by atoms with van der Waals surface area (Å²) in [4.78, 5) is 54.3. The summed E-state index contributed by atoms with van der Waals surface area (Å²) in [5.74, 6) is 0.969. The Morgan fingerprint density at radius 2 is 0.880 bits per heavy atom. The molecule has 0 fully saturated rings. The highest BCUT2D eigenvalue weighted by Crippen LogP contribution is 2.13. The van der Waals surface area contributed by atoms with Gasteiger partial charge in [0.05, 0.1) is 39.1 Å². The van der Waals surface area contributed by atoms with E-state index in [1.807, 2.05) is 30.3 Å². The smallest absolute Gasteiger partial charge is 0.305 e. The summed E-state index contributed by atoms with van der Waals surface area (Å²) in [6.45, 7) is 5.28. The summed E-state index contributed by atoms with van der Waals surface area (Å²) in [5, 5.41) is 0. The van der Waals surface area contributed by atoms with Crippen LogP contribution in [0.4, 0.5) is 0 Å². The molecule has 0 saturated carbocycles. The van der Waals surface area contributed by atoms with Crippen LogP contribution < -0.4 is 4.74 Å². The lowest BCUT2D eigenvalue weighted by atomic mass is 10.0. The lowest BCUT2D eigenvalue weighted by Crippen LogP contribution is -2.17. The summed E-state index contributed by atoms with van der Waals surface area (Å²) < 4.78 is 30.2. The quantitative estimate of drug-likeness (QED) is 0.0720. The topological polar surface area (TPSA) is 141 Å². The Labute approximate surface area is 303 Å². The van der Waals surface area contributed by atoms with Crippen molar-refractivity contribution in [1.82, 2.24) is 0 Å². The van der Waals surface area contributed by atoms with Gasteiger partial charge in [0.2, 0.25) is 0 Å². The van der Waals surface area contributed by atoms with Crippen LogP contribution in [-0.4, -0.2) is 89.8 Å². The fourth-order valence-corrected chi connectivity index (χ4v) is 4.54. The Balaban J connectivity index is -0.000000312. The molecule has 0 aromatic heterocycles. The second-order valence-electron chi connectivity index (χ2n) is 11.6. The fourth-order valence-electron chi connectivity index (χ4n) is 4.54. The molecule has 1 aromatic carbocycles. The first-order valence-electron chi connectivity index (χ1n) is 16.8. The highest BCUT2D eigenvalue weighted by atomic mass is 16.5. The van der Waals surface area contributed by atoms with Crippen LogP contribution in [0.5, 0.6) is 5.75 Å². The van der Waals surface area contributed by atoms with Crippen LogP contribution in [0.2, 0.25) is 0 Å². The molecule has 3 atom stereocenters. The maximum Gasteiger partial charge on any atom is 0.305 e. The number of hydrogen-bond donors (Lipinski definition) is 0. The van der Waals surface area contributed by atoms with Crippen molar-refractivity contribution in [1.29, 1.82) is 0 Å². The average molecular weight is 715 g/mol. The van der Waals surface area contributed by atoms with Crippen LogP contribution in [0.25, 0.3) is 0 Å². The predicted molar refractivity (Wildman–Crippen MR) is 199 cm³/mol. The molecule has 0 radical (unpaired) electrons. The second-order valence-corrected chi connectivity index (χ2v) is 11.6. The fraction of sp³-hybridized carbons (Fsp3) is 0.718. The third-order valence-corrected chi connectivity index (χ3v) is 7.27. The standard InChI is InChI=1S/C13H24O4.C13H18O3.C11H20O4.2CH4/c1-11(14)10-12(16-2)8-6-4-5-7-9-13(15)17-3;1-11(14)10-13(15-2)8-9-16-12-6-4-3-5-7-12;1-9(12)8-10(14-2)6-4-5-7-11(13)15-3;;/h12H,4-10H2,1-3H3;3-7,13H,8-10H2,1-2H3;10H,4-8H2,1-3H3;2*1H4. The van der Waals surface area contributed by atoms with E-state index < -0.39 is 0 Å². The van der Waals surface area contributed by atoms with E-state index in [0.717, 1.165) is 63.5 Å². The second kappa shape index (κ2) is 37.1. The average Bonchev–Trinajstić information content (AvgIpc) is 3.06. The minimum atomic E-state index is -0.185. The molecule has 0 heterocycles. The lowest BCUT2D eigenvalue weighted by molar-refractivity contribution is -0.141. The number of carbonyl (C=O) groups is 5. The van der Waals surface area contributed by atoms with Crippen molar-refractivity contribution in [2.45, 2.75) is 144 Å². The van der Waals surface area contributed by atoms with Crippen molar-refractivity contribution in [3.8, 4) is 5.75 Å². The molecular formula is C39H70O11. The van der Waals surface area contributed by atoms with Crippen molar-refractivity contribution >= 4 is 29.3 Å². The maximum absolute atomic E-state index is 10.9. The highest BCUT2D eigenvalue weighted by Gasteiger charge is 2.12. The first kappa shape index (κ1) is 53.6. The van der Waals surface area contributed by atoms with Crippen molar-refractivity contribution in [3.05, 3.63) is 30.3 Å². The molecule has 0 aliphatic heterocycles. The summed E-state index contributed by atoms with van der Waals surface area (Å²) in [5.41, 5.74) is 0. The first-order valence-corrected chi connectivity index (χ1v) is 16.8. The molecular weight excluding hydrogens is 644 g/mol. The zero-order valence-corrected chi connectivity index (χ0v) is 30.7. The number of ketones is 3. The van der Waals surface area contributed by atoms with Crippen LogP contribution in [-0.2, 0) is 47.7 Å².